The molecule has 0 aliphatic rings. The van der Waals surface area contributed by atoms with Crippen LogP contribution < -0.4 is 11.6 Å². The number of hydroxylamine groups is 1. The van der Waals surface area contributed by atoms with Crippen LogP contribution in [0.15, 0.2) is 35.2 Å². The van der Waals surface area contributed by atoms with Gasteiger partial charge in [0, 0.05) is 5.57 Å². The molecule has 0 fully saturated rings. The van der Waals surface area contributed by atoms with Crippen LogP contribution in [0.25, 0.3) is 0 Å². The normalized spacial score (nSPS) is 12.9. The van der Waals surface area contributed by atoms with Gasteiger partial charge in [0.2, 0.25) is 0 Å². The highest BCUT2D eigenvalue weighted by atomic mass is 32.2. The molecule has 7 nitrogen and oxygen atoms in total. The molecule has 1 aromatic rings. The van der Waals surface area contributed by atoms with E-state index in [1.807, 2.05) is 27.7 Å². The Morgan fingerprint density at radius 2 is 1.92 bits per heavy atom. The third-order valence-electron chi connectivity index (χ3n) is 3.53. The minimum absolute atomic E-state index is 0. The average molecular weight is 372 g/mol. The van der Waals surface area contributed by atoms with Gasteiger partial charge in [0.05, 0.1) is 4.90 Å². The summed E-state index contributed by atoms with van der Waals surface area (Å²) in [5.41, 5.74) is 3.81. The number of rotatable bonds is 6. The Hall–Kier alpha value is -1.74. The van der Waals surface area contributed by atoms with Crippen LogP contribution in [-0.4, -0.2) is 18.9 Å². The van der Waals surface area contributed by atoms with Crippen molar-refractivity contribution in [2.24, 2.45) is 0 Å². The van der Waals surface area contributed by atoms with Crippen molar-refractivity contribution in [3.05, 3.63) is 41.5 Å². The van der Waals surface area contributed by atoms with E-state index in [-0.39, 0.29) is 16.5 Å². The van der Waals surface area contributed by atoms with Crippen LogP contribution in [0.4, 0.5) is 0 Å². The van der Waals surface area contributed by atoms with Gasteiger partial charge >= 0.3 is 0 Å². The highest BCUT2D eigenvalue weighted by Crippen LogP contribution is 2.34. The fourth-order valence-corrected chi connectivity index (χ4v) is 2.75. The van der Waals surface area contributed by atoms with Crippen molar-refractivity contribution in [3.63, 3.8) is 0 Å². The van der Waals surface area contributed by atoms with E-state index in [2.05, 4.69) is 12.1 Å². The monoisotopic (exact) mass is 372 g/mol. The summed E-state index contributed by atoms with van der Waals surface area (Å²) in [5.74, 6) is -0.448. The molecule has 0 aliphatic heterocycles. The first-order valence-corrected chi connectivity index (χ1v) is 9.05. The van der Waals surface area contributed by atoms with E-state index in [1.165, 1.54) is 12.1 Å². The molecule has 25 heavy (non-hydrogen) atoms. The highest BCUT2D eigenvalue weighted by molar-refractivity contribution is 7.85. The van der Waals surface area contributed by atoms with E-state index in [4.69, 9.17) is 4.84 Å². The second kappa shape index (κ2) is 8.57. The second-order valence-electron chi connectivity index (χ2n) is 6.70. The molecule has 1 amide bonds. The van der Waals surface area contributed by atoms with Gasteiger partial charge in [-0.05, 0) is 42.0 Å². The summed E-state index contributed by atoms with van der Waals surface area (Å²) >= 11 is 0. The Morgan fingerprint density at radius 3 is 2.32 bits per heavy atom. The molecule has 1 atom stereocenters. The van der Waals surface area contributed by atoms with Crippen LogP contribution in [0.1, 0.15) is 58.3 Å². The lowest BCUT2D eigenvalue weighted by molar-refractivity contribution is -0.135. The van der Waals surface area contributed by atoms with Gasteiger partial charge in [0.1, 0.15) is 6.10 Å². The SMILES string of the molecule is C=C(C)C(=O)NOC(CC)c1cc(S(=O)(=O)O)ccc1C(C)(C)C.N. The standard InChI is InChI=1S/C17H25NO5S.H3N/c1-7-15(23-18-16(19)11(2)3)13-10-12(24(20,21)22)8-9-14(13)17(4,5)6;/h8-10,15H,2,7H2,1,3-6H3,(H,18,19)(H,20,21,22);1H3. The summed E-state index contributed by atoms with van der Waals surface area (Å²) in [4.78, 5) is 16.9. The van der Waals surface area contributed by atoms with Gasteiger partial charge in [-0.25, -0.2) is 5.48 Å². The minimum Gasteiger partial charge on any atom is -0.344 e. The van der Waals surface area contributed by atoms with Gasteiger partial charge in [0.25, 0.3) is 16.0 Å². The molecule has 142 valence electrons. The number of carbonyl (C=O) groups excluding carboxylic acids is 1. The van der Waals surface area contributed by atoms with Crippen molar-refractivity contribution in [2.45, 2.75) is 57.5 Å². The molecule has 1 aromatic carbocycles. The average Bonchev–Trinajstić information content (AvgIpc) is 2.45. The lowest BCUT2D eigenvalue weighted by Gasteiger charge is -2.27. The molecule has 0 spiro atoms. The maximum atomic E-state index is 11.6. The first-order valence-electron chi connectivity index (χ1n) is 7.61. The lowest BCUT2D eigenvalue weighted by atomic mass is 9.82. The summed E-state index contributed by atoms with van der Waals surface area (Å²) in [6, 6.07) is 4.40. The molecule has 0 aromatic heterocycles. The second-order valence-corrected chi connectivity index (χ2v) is 8.12. The van der Waals surface area contributed by atoms with Crippen molar-refractivity contribution in [3.8, 4) is 0 Å². The first kappa shape index (κ1) is 23.3. The zero-order valence-corrected chi connectivity index (χ0v) is 16.2. The summed E-state index contributed by atoms with van der Waals surface area (Å²) in [6.07, 6.45) is -0.0710. The van der Waals surface area contributed by atoms with Gasteiger partial charge in [0.15, 0.2) is 0 Å². The summed E-state index contributed by atoms with van der Waals surface area (Å²) < 4.78 is 32.2. The van der Waals surface area contributed by atoms with Gasteiger partial charge < -0.3 is 6.15 Å². The molecule has 0 radical (unpaired) electrons. The maximum absolute atomic E-state index is 11.6. The molecule has 0 saturated heterocycles. The molecular formula is C17H28N2O5S. The third kappa shape index (κ3) is 6.24. The van der Waals surface area contributed by atoms with Crippen molar-refractivity contribution >= 4 is 16.0 Å². The fraction of sp³-hybridized carbons (Fsp3) is 0.471. The zero-order chi connectivity index (χ0) is 18.7. The van der Waals surface area contributed by atoms with Gasteiger partial charge in [-0.1, -0.05) is 40.3 Å². The van der Waals surface area contributed by atoms with Crippen LogP contribution in [0.2, 0.25) is 0 Å². The Labute approximate surface area is 149 Å². The van der Waals surface area contributed by atoms with E-state index in [0.29, 0.717) is 17.6 Å². The van der Waals surface area contributed by atoms with E-state index in [1.54, 1.807) is 13.0 Å². The number of benzene rings is 1. The minimum atomic E-state index is -4.33. The van der Waals surface area contributed by atoms with E-state index in [0.717, 1.165) is 5.56 Å². The topological polar surface area (TPSA) is 128 Å². The summed E-state index contributed by atoms with van der Waals surface area (Å²) in [6.45, 7) is 12.9. The number of hydrogen-bond donors (Lipinski definition) is 3. The van der Waals surface area contributed by atoms with Crippen molar-refractivity contribution in [1.82, 2.24) is 11.6 Å². The molecule has 1 rings (SSSR count). The first-order chi connectivity index (χ1) is 10.9. The molecule has 5 N–H and O–H groups in total. The van der Waals surface area contributed by atoms with Crippen LogP contribution in [0.3, 0.4) is 0 Å². The van der Waals surface area contributed by atoms with Crippen molar-refractivity contribution in [2.75, 3.05) is 0 Å². The van der Waals surface area contributed by atoms with Gasteiger partial charge in [-0.2, -0.15) is 8.42 Å². The lowest BCUT2D eigenvalue weighted by Crippen LogP contribution is -2.27. The highest BCUT2D eigenvalue weighted by Gasteiger charge is 2.25. The van der Waals surface area contributed by atoms with Crippen LogP contribution >= 0.6 is 0 Å². The Balaban J connectivity index is 0.00000576. The largest absolute Gasteiger partial charge is 0.344 e. The molecule has 0 heterocycles. The van der Waals surface area contributed by atoms with E-state index in [9.17, 15) is 17.8 Å². The van der Waals surface area contributed by atoms with Crippen molar-refractivity contribution < 1.29 is 22.6 Å². The Morgan fingerprint density at radius 1 is 1.36 bits per heavy atom. The molecule has 1 unspecified atom stereocenters. The Bertz CT molecular complexity index is 736. The van der Waals surface area contributed by atoms with Gasteiger partial charge in [-0.15, -0.1) is 0 Å². The number of nitrogens with one attached hydrogen (secondary N) is 1. The predicted octanol–water partition coefficient (Wildman–Crippen LogP) is 3.47. The molecular weight excluding hydrogens is 344 g/mol. The number of amides is 1. The fourth-order valence-electron chi connectivity index (χ4n) is 2.23. The molecule has 0 aliphatic carbocycles. The summed E-state index contributed by atoms with van der Waals surface area (Å²) in [7, 11) is -4.33. The quantitative estimate of drug-likeness (QED) is 0.398. The molecule has 0 saturated carbocycles. The summed E-state index contributed by atoms with van der Waals surface area (Å²) in [5, 5.41) is 0. The van der Waals surface area contributed by atoms with Crippen LogP contribution in [-0.2, 0) is 25.2 Å². The van der Waals surface area contributed by atoms with E-state index >= 15 is 0 Å². The zero-order valence-electron chi connectivity index (χ0n) is 15.4. The molecule has 8 heteroatoms. The number of hydrogen-bond acceptors (Lipinski definition) is 5. The Kier molecular flexibility index (Phi) is 7.98. The van der Waals surface area contributed by atoms with Gasteiger partial charge in [-0.3, -0.25) is 14.2 Å². The molecule has 0 bridgehead atoms. The predicted molar refractivity (Wildman–Crippen MR) is 97.1 cm³/mol. The van der Waals surface area contributed by atoms with Crippen LogP contribution in [0.5, 0.6) is 0 Å². The number of carbonyl (C=O) groups is 1. The smallest absolute Gasteiger partial charge is 0.294 e. The van der Waals surface area contributed by atoms with E-state index < -0.39 is 22.1 Å². The maximum Gasteiger partial charge on any atom is 0.294 e. The van der Waals surface area contributed by atoms with Crippen molar-refractivity contribution in [1.29, 1.82) is 0 Å². The van der Waals surface area contributed by atoms with Crippen LogP contribution in [0, 0.1) is 0 Å². The third-order valence-corrected chi connectivity index (χ3v) is 4.38.